The van der Waals surface area contributed by atoms with Crippen molar-refractivity contribution in [1.29, 1.82) is 5.26 Å². The van der Waals surface area contributed by atoms with E-state index in [0.717, 1.165) is 17.5 Å². The molecule has 0 aliphatic rings. The number of rotatable bonds is 9. The Balaban J connectivity index is 1.94. The van der Waals surface area contributed by atoms with Crippen molar-refractivity contribution in [3.8, 4) is 22.9 Å². The third-order valence-electron chi connectivity index (χ3n) is 4.91. The molecule has 0 bridgehead atoms. The van der Waals surface area contributed by atoms with Crippen LogP contribution < -0.4 is 10.1 Å². The molecule has 1 aromatic heterocycles. The molecule has 3 aromatic rings. The van der Waals surface area contributed by atoms with Crippen molar-refractivity contribution < 1.29 is 19.1 Å². The predicted molar refractivity (Wildman–Crippen MR) is 135 cm³/mol. The van der Waals surface area contributed by atoms with Gasteiger partial charge in [0.1, 0.15) is 28.0 Å². The van der Waals surface area contributed by atoms with Gasteiger partial charge in [0.05, 0.1) is 13.2 Å². The van der Waals surface area contributed by atoms with Crippen molar-refractivity contribution in [2.45, 2.75) is 27.2 Å². The normalized spacial score (nSPS) is 10.9. The number of nitrogens with zero attached hydrogens (tertiary/aromatic N) is 1. The average molecular weight is 475 g/mol. The van der Waals surface area contributed by atoms with Crippen molar-refractivity contribution in [1.82, 2.24) is 0 Å². The Morgan fingerprint density at radius 3 is 2.53 bits per heavy atom. The molecule has 0 unspecified atom stereocenters. The van der Waals surface area contributed by atoms with E-state index >= 15 is 0 Å². The first-order chi connectivity index (χ1) is 16.5. The number of amides is 1. The lowest BCUT2D eigenvalue weighted by molar-refractivity contribution is -0.112. The fraction of sp³-hybridized carbons (Fsp3) is 0.222. The summed E-state index contributed by atoms with van der Waals surface area (Å²) in [4.78, 5) is 25.8. The Kier molecular flexibility index (Phi) is 8.60. The molecule has 1 N–H and O–H groups in total. The number of carbonyl (C=O) groups excluding carboxylic acids is 2. The highest BCUT2D eigenvalue weighted by Gasteiger charge is 2.24. The Morgan fingerprint density at radius 2 is 1.85 bits per heavy atom. The maximum Gasteiger partial charge on any atom is 0.341 e. The molecule has 2 aromatic carbocycles. The van der Waals surface area contributed by atoms with E-state index in [1.807, 2.05) is 56.3 Å². The van der Waals surface area contributed by atoms with E-state index in [9.17, 15) is 14.9 Å². The number of hydrogen-bond acceptors (Lipinski definition) is 6. The quantitative estimate of drug-likeness (QED) is 0.225. The van der Waals surface area contributed by atoms with Gasteiger partial charge in [-0.05, 0) is 38.0 Å². The van der Waals surface area contributed by atoms with Crippen molar-refractivity contribution in [3.05, 3.63) is 76.2 Å². The standard InChI is InChI=1S/C27H26N2O4S/c1-4-14-33-23-9-7-6-8-20(23)15-21(16-28)25(30)29-26-24(27(31)32-5-2)22(17-34-26)19-12-10-18(3)11-13-19/h6-13,15,17H,4-5,14H2,1-3H3,(H,29,30). The van der Waals surface area contributed by atoms with Crippen LogP contribution in [-0.4, -0.2) is 25.1 Å². The lowest BCUT2D eigenvalue weighted by atomic mass is 10.0. The van der Waals surface area contributed by atoms with Crippen molar-refractivity contribution >= 4 is 34.3 Å². The maximum absolute atomic E-state index is 13.0. The third-order valence-corrected chi connectivity index (χ3v) is 5.80. The Hall–Kier alpha value is -3.89. The number of esters is 1. The molecular weight excluding hydrogens is 448 g/mol. The monoisotopic (exact) mass is 474 g/mol. The number of nitriles is 1. The number of anilines is 1. The Morgan fingerprint density at radius 1 is 1.12 bits per heavy atom. The molecule has 0 fully saturated rings. The summed E-state index contributed by atoms with van der Waals surface area (Å²) in [5, 5.41) is 14.5. The minimum atomic E-state index is -0.615. The molecule has 0 aliphatic heterocycles. The summed E-state index contributed by atoms with van der Waals surface area (Å²) in [5.74, 6) is -0.555. The van der Waals surface area contributed by atoms with Gasteiger partial charge in [0, 0.05) is 16.5 Å². The van der Waals surface area contributed by atoms with Crippen LogP contribution in [0.3, 0.4) is 0 Å². The van der Waals surface area contributed by atoms with Gasteiger partial charge in [-0.1, -0.05) is 55.0 Å². The average Bonchev–Trinajstić information content (AvgIpc) is 3.25. The molecule has 0 saturated heterocycles. The Bertz CT molecular complexity index is 1240. The highest BCUT2D eigenvalue weighted by molar-refractivity contribution is 7.15. The van der Waals surface area contributed by atoms with Gasteiger partial charge in [-0.15, -0.1) is 11.3 Å². The van der Waals surface area contributed by atoms with Crippen LogP contribution in [-0.2, 0) is 9.53 Å². The number of nitrogens with one attached hydrogen (secondary N) is 1. The number of carbonyl (C=O) groups is 2. The van der Waals surface area contributed by atoms with E-state index in [2.05, 4.69) is 5.32 Å². The Labute approximate surface area is 203 Å². The van der Waals surface area contributed by atoms with Crippen molar-refractivity contribution in [2.75, 3.05) is 18.5 Å². The molecule has 3 rings (SSSR count). The zero-order chi connectivity index (χ0) is 24.5. The summed E-state index contributed by atoms with van der Waals surface area (Å²) in [6.07, 6.45) is 2.32. The molecule has 0 aliphatic carbocycles. The van der Waals surface area contributed by atoms with Crippen LogP contribution in [0.4, 0.5) is 5.00 Å². The number of hydrogen-bond donors (Lipinski definition) is 1. The smallest absolute Gasteiger partial charge is 0.341 e. The molecule has 1 heterocycles. The van der Waals surface area contributed by atoms with Gasteiger partial charge in [-0.2, -0.15) is 5.26 Å². The molecule has 0 spiro atoms. The summed E-state index contributed by atoms with van der Waals surface area (Å²) in [5.41, 5.74) is 3.39. The van der Waals surface area contributed by atoms with E-state index in [1.165, 1.54) is 17.4 Å². The summed E-state index contributed by atoms with van der Waals surface area (Å²) >= 11 is 1.21. The number of aryl methyl sites for hydroxylation is 1. The molecule has 7 heteroatoms. The first-order valence-electron chi connectivity index (χ1n) is 11.0. The summed E-state index contributed by atoms with van der Waals surface area (Å²) in [6.45, 7) is 6.44. The maximum atomic E-state index is 13.0. The van der Waals surface area contributed by atoms with Gasteiger partial charge in [0.15, 0.2) is 0 Å². The van der Waals surface area contributed by atoms with Crippen LogP contribution in [0, 0.1) is 18.3 Å². The molecule has 0 radical (unpaired) electrons. The predicted octanol–water partition coefficient (Wildman–Crippen LogP) is 6.23. The van der Waals surface area contributed by atoms with Gasteiger partial charge < -0.3 is 14.8 Å². The number of ether oxygens (including phenoxy) is 2. The van der Waals surface area contributed by atoms with Crippen LogP contribution >= 0.6 is 11.3 Å². The molecule has 1 amide bonds. The van der Waals surface area contributed by atoms with Gasteiger partial charge in [-0.3, -0.25) is 4.79 Å². The minimum Gasteiger partial charge on any atom is -0.493 e. The summed E-state index contributed by atoms with van der Waals surface area (Å²) in [6, 6.07) is 16.9. The van der Waals surface area contributed by atoms with Crippen LogP contribution in [0.25, 0.3) is 17.2 Å². The molecule has 174 valence electrons. The van der Waals surface area contributed by atoms with Gasteiger partial charge in [0.2, 0.25) is 0 Å². The van der Waals surface area contributed by atoms with E-state index in [-0.39, 0.29) is 17.7 Å². The van der Waals surface area contributed by atoms with Gasteiger partial charge in [0.25, 0.3) is 5.91 Å². The van der Waals surface area contributed by atoms with Crippen molar-refractivity contribution in [2.24, 2.45) is 0 Å². The van der Waals surface area contributed by atoms with Crippen LogP contribution in [0.2, 0.25) is 0 Å². The first kappa shape index (κ1) is 24.7. The second-order valence-electron chi connectivity index (χ2n) is 7.45. The zero-order valence-electron chi connectivity index (χ0n) is 19.4. The van der Waals surface area contributed by atoms with Crippen LogP contribution in [0.5, 0.6) is 5.75 Å². The highest BCUT2D eigenvalue weighted by Crippen LogP contribution is 2.36. The second-order valence-corrected chi connectivity index (χ2v) is 8.33. The van der Waals surface area contributed by atoms with E-state index in [1.54, 1.807) is 24.4 Å². The number of thiophene rings is 1. The fourth-order valence-corrected chi connectivity index (χ4v) is 4.17. The van der Waals surface area contributed by atoms with E-state index < -0.39 is 11.9 Å². The second kappa shape index (κ2) is 11.8. The first-order valence-corrected chi connectivity index (χ1v) is 11.9. The minimum absolute atomic E-state index is 0.104. The van der Waals surface area contributed by atoms with Gasteiger partial charge in [-0.25, -0.2) is 4.79 Å². The summed E-state index contributed by atoms with van der Waals surface area (Å²) < 4.78 is 11.0. The SMILES string of the molecule is CCCOc1ccccc1C=C(C#N)C(=O)Nc1scc(-c2ccc(C)cc2)c1C(=O)OCC. The highest BCUT2D eigenvalue weighted by atomic mass is 32.1. The molecule has 6 nitrogen and oxygen atoms in total. The summed E-state index contributed by atoms with van der Waals surface area (Å²) in [7, 11) is 0. The number of benzene rings is 2. The zero-order valence-corrected chi connectivity index (χ0v) is 20.2. The topological polar surface area (TPSA) is 88.4 Å². The van der Waals surface area contributed by atoms with Crippen LogP contribution in [0.15, 0.2) is 59.5 Å². The molecule has 0 saturated carbocycles. The van der Waals surface area contributed by atoms with E-state index in [0.29, 0.717) is 28.5 Å². The van der Waals surface area contributed by atoms with Crippen LogP contribution in [0.1, 0.15) is 41.8 Å². The molecule has 0 atom stereocenters. The third kappa shape index (κ3) is 5.91. The molecular formula is C27H26N2O4S. The lowest BCUT2D eigenvalue weighted by Gasteiger charge is -2.10. The molecule has 34 heavy (non-hydrogen) atoms. The lowest BCUT2D eigenvalue weighted by Crippen LogP contribution is -2.16. The van der Waals surface area contributed by atoms with Gasteiger partial charge >= 0.3 is 5.97 Å². The van der Waals surface area contributed by atoms with E-state index in [4.69, 9.17) is 9.47 Å². The fourth-order valence-electron chi connectivity index (χ4n) is 3.22. The van der Waals surface area contributed by atoms with Crippen molar-refractivity contribution in [3.63, 3.8) is 0 Å². The number of para-hydroxylation sites is 1. The largest absolute Gasteiger partial charge is 0.493 e.